The summed E-state index contributed by atoms with van der Waals surface area (Å²) >= 11 is 5.77. The maximum absolute atomic E-state index is 12.0. The van der Waals surface area contributed by atoms with Crippen LogP contribution in [0.25, 0.3) is 0 Å². The number of carbonyl (C=O) groups excluding carboxylic acids is 1. The van der Waals surface area contributed by atoms with Crippen LogP contribution in [0.5, 0.6) is 5.75 Å². The second-order valence-electron chi connectivity index (χ2n) is 4.09. The molecule has 0 heterocycles. The van der Waals surface area contributed by atoms with Crippen LogP contribution in [0.3, 0.4) is 0 Å². The summed E-state index contributed by atoms with van der Waals surface area (Å²) in [6, 6.07) is 10.1. The van der Waals surface area contributed by atoms with Crippen LogP contribution in [0.1, 0.15) is 10.4 Å². The Morgan fingerprint density at radius 3 is 2.43 bits per heavy atom. The fourth-order valence-corrected chi connectivity index (χ4v) is 1.73. The van der Waals surface area contributed by atoms with Gasteiger partial charge in [-0.1, -0.05) is 11.6 Å². The van der Waals surface area contributed by atoms with Crippen LogP contribution >= 0.6 is 11.6 Å². The maximum atomic E-state index is 12.0. The number of nitrogen functional groups attached to an aromatic ring is 1. The molecule has 0 atom stereocenters. The Bertz CT molecular complexity index is 648. The maximum Gasteiger partial charge on any atom is 0.387 e. The van der Waals surface area contributed by atoms with E-state index in [9.17, 15) is 13.6 Å². The molecule has 1 amide bonds. The molecule has 2 aromatic rings. The van der Waals surface area contributed by atoms with Crippen LogP contribution in [-0.2, 0) is 0 Å². The Morgan fingerprint density at radius 2 is 1.86 bits per heavy atom. The second kappa shape index (κ2) is 6.41. The lowest BCUT2D eigenvalue weighted by molar-refractivity contribution is -0.0498. The largest absolute Gasteiger partial charge is 0.435 e. The standard InChI is InChI=1S/C14H11ClF2N2O2/c15-11-6-1-8(7-12(11)18)13(20)19-9-2-4-10(5-3-9)21-14(16)17/h1-7,14H,18H2,(H,19,20). The molecule has 0 bridgehead atoms. The van der Waals surface area contributed by atoms with E-state index in [2.05, 4.69) is 10.1 Å². The van der Waals surface area contributed by atoms with E-state index in [1.807, 2.05) is 0 Å². The molecule has 4 nitrogen and oxygen atoms in total. The van der Waals surface area contributed by atoms with Gasteiger partial charge in [0.1, 0.15) is 5.75 Å². The number of halogens is 3. The van der Waals surface area contributed by atoms with Gasteiger partial charge in [-0.2, -0.15) is 8.78 Å². The Kier molecular flexibility index (Phi) is 4.59. The number of ether oxygens (including phenoxy) is 1. The van der Waals surface area contributed by atoms with Gasteiger partial charge in [0.15, 0.2) is 0 Å². The van der Waals surface area contributed by atoms with Crippen molar-refractivity contribution < 1.29 is 18.3 Å². The van der Waals surface area contributed by atoms with Crippen molar-refractivity contribution in [3.8, 4) is 5.75 Å². The average molecular weight is 313 g/mol. The van der Waals surface area contributed by atoms with E-state index in [0.29, 0.717) is 22.0 Å². The molecular formula is C14H11ClF2N2O2. The Morgan fingerprint density at radius 1 is 1.19 bits per heavy atom. The fourth-order valence-electron chi connectivity index (χ4n) is 1.61. The van der Waals surface area contributed by atoms with Crippen molar-refractivity contribution in [2.75, 3.05) is 11.1 Å². The summed E-state index contributed by atoms with van der Waals surface area (Å²) in [5, 5.41) is 2.97. The Balaban J connectivity index is 2.06. The number of nitrogens with two attached hydrogens (primary N) is 1. The molecule has 0 aliphatic heterocycles. The van der Waals surface area contributed by atoms with Crippen LogP contribution in [0, 0.1) is 0 Å². The number of nitrogens with one attached hydrogen (secondary N) is 1. The third-order valence-corrected chi connectivity index (χ3v) is 2.94. The number of carbonyl (C=O) groups is 1. The third-order valence-electron chi connectivity index (χ3n) is 2.60. The van der Waals surface area contributed by atoms with Gasteiger partial charge in [0.2, 0.25) is 0 Å². The van der Waals surface area contributed by atoms with E-state index in [0.717, 1.165) is 0 Å². The van der Waals surface area contributed by atoms with Gasteiger partial charge >= 0.3 is 6.61 Å². The highest BCUT2D eigenvalue weighted by molar-refractivity contribution is 6.33. The number of amides is 1. The molecule has 21 heavy (non-hydrogen) atoms. The fraction of sp³-hybridized carbons (Fsp3) is 0.0714. The zero-order valence-electron chi connectivity index (χ0n) is 10.6. The first-order valence-corrected chi connectivity index (χ1v) is 6.25. The van der Waals surface area contributed by atoms with E-state index in [1.165, 1.54) is 42.5 Å². The quantitative estimate of drug-likeness (QED) is 0.845. The summed E-state index contributed by atoms with van der Waals surface area (Å²) < 4.78 is 28.2. The number of rotatable bonds is 4. The van der Waals surface area contributed by atoms with Gasteiger partial charge in [0.05, 0.1) is 10.7 Å². The lowest BCUT2D eigenvalue weighted by atomic mass is 10.2. The van der Waals surface area contributed by atoms with E-state index >= 15 is 0 Å². The minimum absolute atomic E-state index is 0.0127. The molecule has 0 saturated heterocycles. The number of hydrogen-bond donors (Lipinski definition) is 2. The van der Waals surface area contributed by atoms with Gasteiger partial charge in [0.25, 0.3) is 5.91 Å². The highest BCUT2D eigenvalue weighted by Gasteiger charge is 2.09. The normalized spacial score (nSPS) is 10.5. The zero-order chi connectivity index (χ0) is 15.4. The molecule has 0 aromatic heterocycles. The van der Waals surface area contributed by atoms with Crippen molar-refractivity contribution in [2.24, 2.45) is 0 Å². The second-order valence-corrected chi connectivity index (χ2v) is 4.50. The van der Waals surface area contributed by atoms with Crippen LogP contribution < -0.4 is 15.8 Å². The van der Waals surface area contributed by atoms with E-state index < -0.39 is 6.61 Å². The highest BCUT2D eigenvalue weighted by atomic mass is 35.5. The van der Waals surface area contributed by atoms with Gasteiger partial charge in [-0.3, -0.25) is 4.79 Å². The highest BCUT2D eigenvalue weighted by Crippen LogP contribution is 2.21. The molecule has 0 fully saturated rings. The van der Waals surface area contributed by atoms with E-state index in [1.54, 1.807) is 0 Å². The first-order valence-electron chi connectivity index (χ1n) is 5.87. The first-order chi connectivity index (χ1) is 9.95. The van der Waals surface area contributed by atoms with Crippen molar-refractivity contribution in [2.45, 2.75) is 6.61 Å². The van der Waals surface area contributed by atoms with Crippen molar-refractivity contribution >= 4 is 28.9 Å². The zero-order valence-corrected chi connectivity index (χ0v) is 11.4. The molecule has 0 saturated carbocycles. The first kappa shape index (κ1) is 15.1. The summed E-state index contributed by atoms with van der Waals surface area (Å²) in [5.74, 6) is -0.375. The van der Waals surface area contributed by atoms with Crippen LogP contribution in [-0.4, -0.2) is 12.5 Å². The Labute approximate surface area is 124 Å². The van der Waals surface area contributed by atoms with Crippen molar-refractivity contribution in [3.63, 3.8) is 0 Å². The molecular weight excluding hydrogens is 302 g/mol. The van der Waals surface area contributed by atoms with Crippen molar-refractivity contribution in [1.82, 2.24) is 0 Å². The molecule has 7 heteroatoms. The smallest absolute Gasteiger partial charge is 0.387 e. The number of hydrogen-bond acceptors (Lipinski definition) is 3. The molecule has 0 spiro atoms. The SMILES string of the molecule is Nc1cc(C(=O)Nc2ccc(OC(F)F)cc2)ccc1Cl. The van der Waals surface area contributed by atoms with Gasteiger partial charge in [-0.05, 0) is 42.5 Å². The van der Waals surface area contributed by atoms with Gasteiger partial charge in [0, 0.05) is 11.3 Å². The molecule has 2 aromatic carbocycles. The molecule has 0 aliphatic rings. The minimum Gasteiger partial charge on any atom is -0.435 e. The summed E-state index contributed by atoms with van der Waals surface area (Å²) in [6.45, 7) is -2.89. The van der Waals surface area contributed by atoms with Gasteiger partial charge in [-0.25, -0.2) is 0 Å². The van der Waals surface area contributed by atoms with E-state index in [-0.39, 0.29) is 11.7 Å². The van der Waals surface area contributed by atoms with Crippen LogP contribution in [0.2, 0.25) is 5.02 Å². The summed E-state index contributed by atoms with van der Waals surface area (Å²) in [4.78, 5) is 12.0. The van der Waals surface area contributed by atoms with Crippen molar-refractivity contribution in [3.05, 3.63) is 53.1 Å². The molecule has 3 N–H and O–H groups in total. The monoisotopic (exact) mass is 312 g/mol. The third kappa shape index (κ3) is 4.06. The predicted molar refractivity (Wildman–Crippen MR) is 76.9 cm³/mol. The van der Waals surface area contributed by atoms with Crippen LogP contribution in [0.15, 0.2) is 42.5 Å². The molecule has 0 aliphatic carbocycles. The lowest BCUT2D eigenvalue weighted by Gasteiger charge is -2.08. The molecule has 0 radical (unpaired) electrons. The molecule has 0 unspecified atom stereocenters. The van der Waals surface area contributed by atoms with Crippen LogP contribution in [0.4, 0.5) is 20.2 Å². The average Bonchev–Trinajstić information content (AvgIpc) is 2.43. The number of anilines is 2. The number of alkyl halides is 2. The van der Waals surface area contributed by atoms with Gasteiger partial charge < -0.3 is 15.8 Å². The summed E-state index contributed by atoms with van der Waals surface area (Å²) in [7, 11) is 0. The van der Waals surface area contributed by atoms with Crippen molar-refractivity contribution in [1.29, 1.82) is 0 Å². The van der Waals surface area contributed by atoms with E-state index in [4.69, 9.17) is 17.3 Å². The van der Waals surface area contributed by atoms with Gasteiger partial charge in [-0.15, -0.1) is 0 Å². The summed E-state index contributed by atoms with van der Waals surface area (Å²) in [5.41, 5.74) is 6.69. The minimum atomic E-state index is -2.89. The predicted octanol–water partition coefficient (Wildman–Crippen LogP) is 3.78. The molecule has 2 rings (SSSR count). The topological polar surface area (TPSA) is 64.4 Å². The Hall–Kier alpha value is -2.34. The lowest BCUT2D eigenvalue weighted by Crippen LogP contribution is -2.12. The number of benzene rings is 2. The summed E-state index contributed by atoms with van der Waals surface area (Å²) in [6.07, 6.45) is 0. The molecule has 110 valence electrons.